The monoisotopic (exact) mass is 286 g/mol. The molecule has 2 aromatic rings. The number of anilines is 2. The predicted octanol–water partition coefficient (Wildman–Crippen LogP) is 4.62. The molecule has 2 rings (SSSR count). The average Bonchev–Trinajstić information content (AvgIpc) is 2.44. The zero-order chi connectivity index (χ0) is 15.6. The first-order valence-corrected chi connectivity index (χ1v) is 7.34. The molecule has 0 unspecified atom stereocenters. The summed E-state index contributed by atoms with van der Waals surface area (Å²) in [6, 6.07) is 11.5. The van der Waals surface area contributed by atoms with Crippen LogP contribution >= 0.6 is 0 Å². The number of nitrogens with two attached hydrogens (primary N) is 1. The lowest BCUT2D eigenvalue weighted by atomic mass is 10.0. The SMILES string of the molecule is CCN(c1ccccc1C)c1cc(C)c(F)cc1[C@@H](C)N. The van der Waals surface area contributed by atoms with Gasteiger partial charge in [-0.1, -0.05) is 18.2 Å². The van der Waals surface area contributed by atoms with Crippen molar-refractivity contribution >= 4 is 11.4 Å². The van der Waals surface area contributed by atoms with Crippen LogP contribution in [-0.2, 0) is 0 Å². The lowest BCUT2D eigenvalue weighted by molar-refractivity contribution is 0.613. The molecule has 2 nitrogen and oxygen atoms in total. The highest BCUT2D eigenvalue weighted by atomic mass is 19.1. The number of nitrogens with zero attached hydrogens (tertiary/aromatic N) is 1. The van der Waals surface area contributed by atoms with Crippen molar-refractivity contribution in [3.63, 3.8) is 0 Å². The van der Waals surface area contributed by atoms with Gasteiger partial charge in [0.05, 0.1) is 0 Å². The van der Waals surface area contributed by atoms with Crippen molar-refractivity contribution in [1.29, 1.82) is 0 Å². The number of aryl methyl sites for hydroxylation is 2. The van der Waals surface area contributed by atoms with Gasteiger partial charge in [-0.15, -0.1) is 0 Å². The normalized spacial score (nSPS) is 12.3. The smallest absolute Gasteiger partial charge is 0.126 e. The lowest BCUT2D eigenvalue weighted by Crippen LogP contribution is -2.21. The van der Waals surface area contributed by atoms with Gasteiger partial charge in [-0.25, -0.2) is 4.39 Å². The third-order valence-electron chi connectivity index (χ3n) is 3.81. The highest BCUT2D eigenvalue weighted by Crippen LogP contribution is 2.34. The molecule has 0 spiro atoms. The average molecular weight is 286 g/mol. The van der Waals surface area contributed by atoms with E-state index in [0.717, 1.165) is 23.5 Å². The molecule has 21 heavy (non-hydrogen) atoms. The number of para-hydroxylation sites is 1. The summed E-state index contributed by atoms with van der Waals surface area (Å²) in [6.45, 7) is 8.65. The van der Waals surface area contributed by atoms with Crippen LogP contribution in [0.4, 0.5) is 15.8 Å². The van der Waals surface area contributed by atoms with Crippen molar-refractivity contribution in [2.24, 2.45) is 5.73 Å². The summed E-state index contributed by atoms with van der Waals surface area (Å²) >= 11 is 0. The van der Waals surface area contributed by atoms with Crippen molar-refractivity contribution in [1.82, 2.24) is 0 Å². The van der Waals surface area contributed by atoms with Crippen molar-refractivity contribution in [3.05, 3.63) is 58.9 Å². The first-order chi connectivity index (χ1) is 9.95. The zero-order valence-corrected chi connectivity index (χ0v) is 13.2. The van der Waals surface area contributed by atoms with E-state index in [1.54, 1.807) is 13.0 Å². The molecular formula is C18H23FN2. The minimum Gasteiger partial charge on any atom is -0.341 e. The Bertz CT molecular complexity index is 635. The van der Waals surface area contributed by atoms with Crippen LogP contribution in [0, 0.1) is 19.7 Å². The third-order valence-corrected chi connectivity index (χ3v) is 3.81. The Labute approximate surface area is 126 Å². The lowest BCUT2D eigenvalue weighted by Gasteiger charge is -2.29. The van der Waals surface area contributed by atoms with E-state index >= 15 is 0 Å². The molecule has 0 aliphatic heterocycles. The molecule has 0 radical (unpaired) electrons. The van der Waals surface area contributed by atoms with Gasteiger partial charge in [0.1, 0.15) is 5.82 Å². The van der Waals surface area contributed by atoms with Gasteiger partial charge in [0.2, 0.25) is 0 Å². The second kappa shape index (κ2) is 6.27. The summed E-state index contributed by atoms with van der Waals surface area (Å²) in [5.41, 5.74) is 10.8. The predicted molar refractivity (Wildman–Crippen MR) is 87.6 cm³/mol. The summed E-state index contributed by atoms with van der Waals surface area (Å²) in [7, 11) is 0. The van der Waals surface area contributed by atoms with E-state index in [1.807, 2.05) is 25.1 Å². The van der Waals surface area contributed by atoms with E-state index in [2.05, 4.69) is 30.9 Å². The molecule has 3 heteroatoms. The van der Waals surface area contributed by atoms with Crippen LogP contribution in [0.1, 0.15) is 36.6 Å². The van der Waals surface area contributed by atoms with Crippen LogP contribution in [0.2, 0.25) is 0 Å². The molecule has 0 aliphatic rings. The molecule has 0 saturated heterocycles. The Hall–Kier alpha value is -1.87. The van der Waals surface area contributed by atoms with E-state index in [1.165, 1.54) is 5.56 Å². The molecule has 2 N–H and O–H groups in total. The molecule has 0 aromatic heterocycles. The van der Waals surface area contributed by atoms with Gasteiger partial charge >= 0.3 is 0 Å². The molecule has 112 valence electrons. The Morgan fingerprint density at radius 2 is 1.76 bits per heavy atom. The maximum atomic E-state index is 13.9. The highest BCUT2D eigenvalue weighted by Gasteiger charge is 2.17. The molecular weight excluding hydrogens is 263 g/mol. The molecule has 0 bridgehead atoms. The first kappa shape index (κ1) is 15.5. The van der Waals surface area contributed by atoms with E-state index in [-0.39, 0.29) is 11.9 Å². The van der Waals surface area contributed by atoms with Gasteiger partial charge in [0.15, 0.2) is 0 Å². The van der Waals surface area contributed by atoms with Crippen LogP contribution in [0.25, 0.3) is 0 Å². The Morgan fingerprint density at radius 1 is 1.10 bits per heavy atom. The van der Waals surface area contributed by atoms with Gasteiger partial charge in [0, 0.05) is 24.0 Å². The molecule has 0 fully saturated rings. The molecule has 1 atom stereocenters. The fraction of sp³-hybridized carbons (Fsp3) is 0.333. The maximum absolute atomic E-state index is 13.9. The standard InChI is InChI=1S/C18H23FN2/c1-5-21(17-9-7-6-8-12(17)2)18-10-13(3)16(19)11-15(18)14(4)20/h6-11,14H,5,20H2,1-4H3/t14-/m1/s1. The maximum Gasteiger partial charge on any atom is 0.126 e. The largest absolute Gasteiger partial charge is 0.341 e. The van der Waals surface area contributed by atoms with Gasteiger partial charge in [-0.3, -0.25) is 0 Å². The van der Waals surface area contributed by atoms with Gasteiger partial charge in [0.25, 0.3) is 0 Å². The minimum atomic E-state index is -0.215. The Kier molecular flexibility index (Phi) is 4.63. The van der Waals surface area contributed by atoms with Crippen molar-refractivity contribution in [2.75, 3.05) is 11.4 Å². The third kappa shape index (κ3) is 3.08. The van der Waals surface area contributed by atoms with Crippen LogP contribution in [-0.4, -0.2) is 6.54 Å². The van der Waals surface area contributed by atoms with E-state index < -0.39 is 0 Å². The number of benzene rings is 2. The molecule has 0 heterocycles. The van der Waals surface area contributed by atoms with E-state index in [4.69, 9.17) is 5.73 Å². The topological polar surface area (TPSA) is 29.3 Å². The van der Waals surface area contributed by atoms with Crippen LogP contribution in [0.3, 0.4) is 0 Å². The molecule has 0 saturated carbocycles. The fourth-order valence-corrected chi connectivity index (χ4v) is 2.62. The minimum absolute atomic E-state index is 0.202. The summed E-state index contributed by atoms with van der Waals surface area (Å²) in [5.74, 6) is -0.202. The van der Waals surface area contributed by atoms with Crippen molar-refractivity contribution < 1.29 is 4.39 Å². The molecule has 2 aromatic carbocycles. The van der Waals surface area contributed by atoms with Crippen molar-refractivity contribution in [2.45, 2.75) is 33.7 Å². The number of hydrogen-bond acceptors (Lipinski definition) is 2. The van der Waals surface area contributed by atoms with Crippen molar-refractivity contribution in [3.8, 4) is 0 Å². The molecule has 0 aliphatic carbocycles. The molecule has 0 amide bonds. The number of hydrogen-bond donors (Lipinski definition) is 1. The number of halogens is 1. The zero-order valence-electron chi connectivity index (χ0n) is 13.2. The quantitative estimate of drug-likeness (QED) is 0.888. The van der Waals surface area contributed by atoms with Gasteiger partial charge < -0.3 is 10.6 Å². The number of rotatable bonds is 4. The van der Waals surface area contributed by atoms with E-state index in [9.17, 15) is 4.39 Å². The first-order valence-electron chi connectivity index (χ1n) is 7.34. The second-order valence-electron chi connectivity index (χ2n) is 5.48. The summed E-state index contributed by atoms with van der Waals surface area (Å²) in [5, 5.41) is 0. The van der Waals surface area contributed by atoms with Gasteiger partial charge in [-0.2, -0.15) is 0 Å². The fourth-order valence-electron chi connectivity index (χ4n) is 2.62. The summed E-state index contributed by atoms with van der Waals surface area (Å²) in [6.07, 6.45) is 0. The van der Waals surface area contributed by atoms with E-state index in [0.29, 0.717) is 5.56 Å². The van der Waals surface area contributed by atoms with Crippen LogP contribution in [0.15, 0.2) is 36.4 Å². The Morgan fingerprint density at radius 3 is 2.33 bits per heavy atom. The van der Waals surface area contributed by atoms with Crippen LogP contribution < -0.4 is 10.6 Å². The second-order valence-corrected chi connectivity index (χ2v) is 5.48. The van der Waals surface area contributed by atoms with Gasteiger partial charge in [-0.05, 0) is 62.6 Å². The summed E-state index contributed by atoms with van der Waals surface area (Å²) < 4.78 is 13.9. The highest BCUT2D eigenvalue weighted by molar-refractivity contribution is 5.70. The summed E-state index contributed by atoms with van der Waals surface area (Å²) in [4.78, 5) is 2.19. The van der Waals surface area contributed by atoms with Crippen LogP contribution in [0.5, 0.6) is 0 Å². The Balaban J connectivity index is 2.62.